The Balaban J connectivity index is 2.04. The van der Waals surface area contributed by atoms with E-state index < -0.39 is 10.0 Å². The number of H-pyrrole nitrogens is 1. The maximum atomic E-state index is 12.6. The van der Waals surface area contributed by atoms with Gasteiger partial charge in [0.1, 0.15) is 10.0 Å². The van der Waals surface area contributed by atoms with Crippen molar-refractivity contribution in [1.29, 1.82) is 0 Å². The Labute approximate surface area is 138 Å². The summed E-state index contributed by atoms with van der Waals surface area (Å²) in [5.41, 5.74) is 3.97. The fourth-order valence-electron chi connectivity index (χ4n) is 2.41. The van der Waals surface area contributed by atoms with Gasteiger partial charge in [-0.15, -0.1) is 0 Å². The lowest BCUT2D eigenvalue weighted by molar-refractivity contribution is 0.600. The average molecular weight is 354 g/mol. The largest absolute Gasteiger partial charge is 0.323 e. The Hall–Kier alpha value is -2.06. The smallest absolute Gasteiger partial charge is 0.269 e. The van der Waals surface area contributed by atoms with Crippen LogP contribution in [0.2, 0.25) is 5.15 Å². The number of aryl methyl sites for hydroxylation is 4. The second-order valence-electron chi connectivity index (χ2n) is 5.47. The Morgan fingerprint density at radius 3 is 2.48 bits per heavy atom. The van der Waals surface area contributed by atoms with Crippen LogP contribution in [0.4, 0.5) is 5.95 Å². The Bertz CT molecular complexity index is 981. The van der Waals surface area contributed by atoms with E-state index in [9.17, 15) is 8.42 Å². The van der Waals surface area contributed by atoms with E-state index in [0.29, 0.717) is 11.2 Å². The van der Waals surface area contributed by atoms with Gasteiger partial charge in [0.15, 0.2) is 0 Å². The molecule has 0 saturated heterocycles. The van der Waals surface area contributed by atoms with Gasteiger partial charge in [-0.05, 0) is 44.0 Å². The SMILES string of the molecule is Cc1cc2nc(NS(=O)(=O)c3c(C)nn(C)c3Cl)[nH]c2cc1C. The van der Waals surface area contributed by atoms with Gasteiger partial charge >= 0.3 is 0 Å². The third kappa shape index (κ3) is 2.68. The van der Waals surface area contributed by atoms with Crippen molar-refractivity contribution in [3.8, 4) is 0 Å². The third-order valence-corrected chi connectivity index (χ3v) is 5.73. The van der Waals surface area contributed by atoms with Crippen molar-refractivity contribution in [2.45, 2.75) is 25.7 Å². The molecule has 23 heavy (non-hydrogen) atoms. The zero-order valence-corrected chi connectivity index (χ0v) is 14.7. The van der Waals surface area contributed by atoms with Crippen LogP contribution in [-0.4, -0.2) is 28.2 Å². The number of aromatic amines is 1. The number of sulfonamides is 1. The van der Waals surface area contributed by atoms with Gasteiger partial charge in [-0.2, -0.15) is 5.10 Å². The highest BCUT2D eigenvalue weighted by Gasteiger charge is 2.26. The van der Waals surface area contributed by atoms with Crippen LogP contribution in [0.15, 0.2) is 17.0 Å². The molecule has 0 fully saturated rings. The highest BCUT2D eigenvalue weighted by molar-refractivity contribution is 7.92. The van der Waals surface area contributed by atoms with Crippen molar-refractivity contribution >= 4 is 38.6 Å². The van der Waals surface area contributed by atoms with Crippen molar-refractivity contribution in [3.63, 3.8) is 0 Å². The molecule has 0 radical (unpaired) electrons. The number of aromatic nitrogens is 4. The molecule has 0 amide bonds. The zero-order valence-electron chi connectivity index (χ0n) is 13.1. The van der Waals surface area contributed by atoms with Crippen LogP contribution >= 0.6 is 11.6 Å². The fraction of sp³-hybridized carbons (Fsp3) is 0.286. The standard InChI is InChI=1S/C14H16ClN5O2S/c1-7-5-10-11(6-8(7)2)17-14(16-10)19-23(21,22)12-9(3)18-20(4)13(12)15/h5-6H,1-4H3,(H2,16,17,19). The molecule has 9 heteroatoms. The highest BCUT2D eigenvalue weighted by Crippen LogP contribution is 2.26. The van der Waals surface area contributed by atoms with Gasteiger partial charge < -0.3 is 4.98 Å². The van der Waals surface area contributed by atoms with Crippen LogP contribution in [0.1, 0.15) is 16.8 Å². The van der Waals surface area contributed by atoms with E-state index in [-0.39, 0.29) is 16.0 Å². The molecule has 0 spiro atoms. The summed E-state index contributed by atoms with van der Waals surface area (Å²) in [6, 6.07) is 3.83. The minimum atomic E-state index is -3.88. The summed E-state index contributed by atoms with van der Waals surface area (Å²) < 4.78 is 28.9. The van der Waals surface area contributed by atoms with Gasteiger partial charge in [0.05, 0.1) is 16.7 Å². The van der Waals surface area contributed by atoms with Crippen LogP contribution in [0.5, 0.6) is 0 Å². The lowest BCUT2D eigenvalue weighted by Gasteiger charge is -2.04. The first-order chi connectivity index (χ1) is 10.7. The number of fused-ring (bicyclic) bond motifs is 1. The number of rotatable bonds is 3. The first-order valence-corrected chi connectivity index (χ1v) is 8.74. The van der Waals surface area contributed by atoms with E-state index in [2.05, 4.69) is 19.8 Å². The number of imidazole rings is 1. The summed E-state index contributed by atoms with van der Waals surface area (Å²) >= 11 is 6.04. The average Bonchev–Trinajstić information content (AvgIpc) is 2.90. The third-order valence-electron chi connectivity index (χ3n) is 3.70. The van der Waals surface area contributed by atoms with E-state index in [1.807, 2.05) is 26.0 Å². The first-order valence-electron chi connectivity index (χ1n) is 6.88. The molecule has 0 aliphatic heterocycles. The molecule has 2 heterocycles. The van der Waals surface area contributed by atoms with Crippen LogP contribution in [0.25, 0.3) is 11.0 Å². The number of benzene rings is 1. The van der Waals surface area contributed by atoms with Gasteiger partial charge in [-0.25, -0.2) is 18.1 Å². The molecular formula is C14H16ClN5O2S. The van der Waals surface area contributed by atoms with E-state index >= 15 is 0 Å². The van der Waals surface area contributed by atoms with Crippen molar-refractivity contribution in [1.82, 2.24) is 19.7 Å². The van der Waals surface area contributed by atoms with Gasteiger partial charge in [0, 0.05) is 7.05 Å². The molecule has 122 valence electrons. The molecule has 2 N–H and O–H groups in total. The molecule has 1 aromatic carbocycles. The van der Waals surface area contributed by atoms with Crippen molar-refractivity contribution in [2.24, 2.45) is 7.05 Å². The lowest BCUT2D eigenvalue weighted by atomic mass is 10.1. The van der Waals surface area contributed by atoms with Crippen LogP contribution in [0, 0.1) is 20.8 Å². The van der Waals surface area contributed by atoms with Gasteiger partial charge in [0.25, 0.3) is 10.0 Å². The van der Waals surface area contributed by atoms with E-state index in [0.717, 1.165) is 16.6 Å². The Morgan fingerprint density at radius 1 is 1.22 bits per heavy atom. The van der Waals surface area contributed by atoms with Crippen molar-refractivity contribution in [2.75, 3.05) is 4.72 Å². The van der Waals surface area contributed by atoms with E-state index in [1.165, 1.54) is 4.68 Å². The monoisotopic (exact) mass is 353 g/mol. The van der Waals surface area contributed by atoms with Gasteiger partial charge in [0.2, 0.25) is 5.95 Å². The summed E-state index contributed by atoms with van der Waals surface area (Å²) in [6.45, 7) is 5.55. The van der Waals surface area contributed by atoms with Crippen LogP contribution in [0.3, 0.4) is 0 Å². The van der Waals surface area contributed by atoms with Gasteiger partial charge in [-0.1, -0.05) is 11.6 Å². The fourth-order valence-corrected chi connectivity index (χ4v) is 4.13. The van der Waals surface area contributed by atoms with E-state index in [1.54, 1.807) is 14.0 Å². The summed E-state index contributed by atoms with van der Waals surface area (Å²) in [5.74, 6) is 0.143. The number of hydrogen-bond donors (Lipinski definition) is 2. The molecule has 3 aromatic rings. The predicted molar refractivity (Wildman–Crippen MR) is 89.3 cm³/mol. The summed E-state index contributed by atoms with van der Waals surface area (Å²) in [5, 5.41) is 4.07. The maximum Gasteiger partial charge on any atom is 0.269 e. The molecule has 7 nitrogen and oxygen atoms in total. The molecule has 0 bridgehead atoms. The molecule has 3 rings (SSSR count). The second kappa shape index (κ2) is 5.24. The maximum absolute atomic E-state index is 12.6. The second-order valence-corrected chi connectivity index (χ2v) is 7.45. The molecule has 0 aliphatic carbocycles. The normalized spacial score (nSPS) is 12.0. The molecular weight excluding hydrogens is 338 g/mol. The number of anilines is 1. The Morgan fingerprint density at radius 2 is 1.87 bits per heavy atom. The minimum absolute atomic E-state index is 0.0468. The Kier molecular flexibility index (Phi) is 3.61. The van der Waals surface area contributed by atoms with Crippen LogP contribution < -0.4 is 4.72 Å². The van der Waals surface area contributed by atoms with Crippen molar-refractivity contribution in [3.05, 3.63) is 34.1 Å². The topological polar surface area (TPSA) is 92.7 Å². The van der Waals surface area contributed by atoms with Crippen LogP contribution in [-0.2, 0) is 17.1 Å². The van der Waals surface area contributed by atoms with Crippen molar-refractivity contribution < 1.29 is 8.42 Å². The summed E-state index contributed by atoms with van der Waals surface area (Å²) in [7, 11) is -2.30. The number of nitrogens with one attached hydrogen (secondary N) is 2. The predicted octanol–water partition coefficient (Wildman–Crippen LogP) is 2.68. The highest BCUT2D eigenvalue weighted by atomic mass is 35.5. The molecule has 2 aromatic heterocycles. The summed E-state index contributed by atoms with van der Waals surface area (Å²) in [4.78, 5) is 7.19. The molecule has 0 saturated carbocycles. The minimum Gasteiger partial charge on any atom is -0.323 e. The quantitative estimate of drug-likeness (QED) is 0.757. The number of hydrogen-bond acceptors (Lipinski definition) is 4. The molecule has 0 atom stereocenters. The summed E-state index contributed by atoms with van der Waals surface area (Å²) in [6.07, 6.45) is 0. The van der Waals surface area contributed by atoms with Gasteiger partial charge in [-0.3, -0.25) is 4.68 Å². The lowest BCUT2D eigenvalue weighted by Crippen LogP contribution is -2.15. The molecule has 0 unspecified atom stereocenters. The first kappa shape index (κ1) is 15.8. The zero-order chi connectivity index (χ0) is 16.9. The molecule has 0 aliphatic rings. The number of halogens is 1. The number of nitrogens with zero attached hydrogens (tertiary/aromatic N) is 3. The van der Waals surface area contributed by atoms with E-state index in [4.69, 9.17) is 11.6 Å².